The van der Waals surface area contributed by atoms with Crippen LogP contribution in [0.3, 0.4) is 0 Å². The molecule has 0 aliphatic carbocycles. The second-order valence-electron chi connectivity index (χ2n) is 9.94. The van der Waals surface area contributed by atoms with Gasteiger partial charge in [-0.15, -0.1) is 0 Å². The Kier molecular flexibility index (Phi) is 11.3. The zero-order valence-electron chi connectivity index (χ0n) is 18.0. The van der Waals surface area contributed by atoms with Crippen LogP contribution in [0.1, 0.15) is 34.1 Å². The highest BCUT2D eigenvalue weighted by atomic mass is 28.3. The third kappa shape index (κ3) is 12.6. The Morgan fingerprint density at radius 1 is 0.875 bits per heavy atom. The molecule has 24 heavy (non-hydrogen) atoms. The first kappa shape index (κ1) is 24.3. The fourth-order valence-electron chi connectivity index (χ4n) is 3.02. The Labute approximate surface area is 154 Å². The molecule has 0 rings (SSSR count). The van der Waals surface area contributed by atoms with Crippen LogP contribution in [0.5, 0.6) is 0 Å². The molecule has 0 aromatic rings. The van der Waals surface area contributed by atoms with Gasteiger partial charge in [-0.1, -0.05) is 50.9 Å². The predicted molar refractivity (Wildman–Crippen MR) is 114 cm³/mol. The molecule has 0 aliphatic rings. The molecule has 0 saturated heterocycles. The molecule has 1 unspecified atom stereocenters. The highest BCUT2D eigenvalue weighted by molar-refractivity contribution is 6.82. The third-order valence-electron chi connectivity index (χ3n) is 4.75. The summed E-state index contributed by atoms with van der Waals surface area (Å²) < 4.78 is 5.75. The summed E-state index contributed by atoms with van der Waals surface area (Å²) >= 11 is 0. The van der Waals surface area contributed by atoms with E-state index < -0.39 is 16.1 Å². The second kappa shape index (κ2) is 11.1. The van der Waals surface area contributed by atoms with E-state index in [2.05, 4.69) is 65.3 Å². The van der Waals surface area contributed by atoms with Gasteiger partial charge >= 0.3 is 0 Å². The molecule has 3 nitrogen and oxygen atoms in total. The molecule has 0 bridgehead atoms. The number of aliphatic hydroxyl groups excluding tert-OH is 1. The van der Waals surface area contributed by atoms with E-state index in [1.165, 1.54) is 18.1 Å². The lowest BCUT2D eigenvalue weighted by Crippen LogP contribution is -2.43. The second-order valence-corrected chi connectivity index (χ2v) is 20.9. The van der Waals surface area contributed by atoms with Crippen LogP contribution in [0.4, 0.5) is 0 Å². The summed E-state index contributed by atoms with van der Waals surface area (Å²) in [6.07, 6.45) is 0.766. The van der Waals surface area contributed by atoms with Crippen LogP contribution < -0.4 is 0 Å². The SMILES string of the molecule is CC(C)N(CC(O)COCCC[Si](C)(C)CC[Si](C)(C)C)C(C)C. The standard InChI is InChI=1S/C19H45NO2Si2/c1-17(2)20(18(3)4)15-19(21)16-22-11-10-12-24(8,9)14-13-23(5,6)7/h17-19,21H,10-16H2,1-9H3. The van der Waals surface area contributed by atoms with E-state index in [9.17, 15) is 5.11 Å². The Morgan fingerprint density at radius 2 is 1.42 bits per heavy atom. The van der Waals surface area contributed by atoms with E-state index in [0.29, 0.717) is 25.2 Å². The molecule has 146 valence electrons. The van der Waals surface area contributed by atoms with Crippen molar-refractivity contribution in [3.05, 3.63) is 0 Å². The van der Waals surface area contributed by atoms with Crippen molar-refractivity contribution in [2.75, 3.05) is 19.8 Å². The van der Waals surface area contributed by atoms with Crippen molar-refractivity contribution in [1.29, 1.82) is 0 Å². The normalized spacial score (nSPS) is 14.9. The van der Waals surface area contributed by atoms with Gasteiger partial charge in [-0.25, -0.2) is 0 Å². The molecule has 0 heterocycles. The summed E-state index contributed by atoms with van der Waals surface area (Å²) in [5.74, 6) is 0. The van der Waals surface area contributed by atoms with E-state index in [-0.39, 0.29) is 6.10 Å². The zero-order valence-corrected chi connectivity index (χ0v) is 20.0. The number of ether oxygens (including phenoxy) is 1. The summed E-state index contributed by atoms with van der Waals surface area (Å²) in [6.45, 7) is 23.1. The predicted octanol–water partition coefficient (Wildman–Crippen LogP) is 4.92. The van der Waals surface area contributed by atoms with Crippen molar-refractivity contribution >= 4 is 16.1 Å². The molecule has 0 saturated carbocycles. The minimum atomic E-state index is -1.06. The maximum atomic E-state index is 10.2. The summed E-state index contributed by atoms with van der Waals surface area (Å²) in [5.41, 5.74) is 0. The number of hydrogen-bond acceptors (Lipinski definition) is 3. The molecular formula is C19H45NO2Si2. The van der Waals surface area contributed by atoms with E-state index in [0.717, 1.165) is 13.0 Å². The monoisotopic (exact) mass is 375 g/mol. The van der Waals surface area contributed by atoms with Crippen molar-refractivity contribution in [2.24, 2.45) is 0 Å². The van der Waals surface area contributed by atoms with Crippen LogP contribution >= 0.6 is 0 Å². The van der Waals surface area contributed by atoms with Crippen molar-refractivity contribution in [2.45, 2.75) is 103 Å². The number of aliphatic hydroxyl groups is 1. The molecule has 0 radical (unpaired) electrons. The molecule has 0 aliphatic heterocycles. The third-order valence-corrected chi connectivity index (χ3v) is 10.3. The van der Waals surface area contributed by atoms with Gasteiger partial charge in [0.05, 0.1) is 12.7 Å². The summed E-state index contributed by atoms with van der Waals surface area (Å²) in [7, 11) is -1.97. The first-order valence-electron chi connectivity index (χ1n) is 9.85. The van der Waals surface area contributed by atoms with Crippen LogP contribution in [0, 0.1) is 0 Å². The van der Waals surface area contributed by atoms with Gasteiger partial charge in [-0.3, -0.25) is 4.90 Å². The average molecular weight is 376 g/mol. The molecule has 0 aromatic heterocycles. The van der Waals surface area contributed by atoms with Gasteiger partial charge in [0.15, 0.2) is 0 Å². The van der Waals surface area contributed by atoms with E-state index >= 15 is 0 Å². The molecule has 5 heteroatoms. The fraction of sp³-hybridized carbons (Fsp3) is 1.00. The van der Waals surface area contributed by atoms with Crippen molar-refractivity contribution in [3.8, 4) is 0 Å². The molecule has 0 amide bonds. The Hall–Kier alpha value is 0.314. The highest BCUT2D eigenvalue weighted by Gasteiger charge is 2.24. The van der Waals surface area contributed by atoms with Gasteiger partial charge in [0, 0.05) is 41.4 Å². The molecule has 1 N–H and O–H groups in total. The largest absolute Gasteiger partial charge is 0.389 e. The van der Waals surface area contributed by atoms with Crippen molar-refractivity contribution in [1.82, 2.24) is 4.90 Å². The van der Waals surface area contributed by atoms with Crippen LogP contribution in [0.25, 0.3) is 0 Å². The van der Waals surface area contributed by atoms with Gasteiger partial charge in [-0.2, -0.15) is 0 Å². The molecule has 0 fully saturated rings. The van der Waals surface area contributed by atoms with Crippen LogP contribution in [0.2, 0.25) is 50.9 Å². The van der Waals surface area contributed by atoms with E-state index in [4.69, 9.17) is 4.74 Å². The van der Waals surface area contributed by atoms with Gasteiger partial charge in [0.2, 0.25) is 0 Å². The van der Waals surface area contributed by atoms with Gasteiger partial charge in [0.1, 0.15) is 0 Å². The van der Waals surface area contributed by atoms with Crippen LogP contribution in [0.15, 0.2) is 0 Å². The quantitative estimate of drug-likeness (QED) is 0.366. The molecule has 1 atom stereocenters. The molecule has 0 spiro atoms. The van der Waals surface area contributed by atoms with E-state index in [1.54, 1.807) is 0 Å². The maximum absolute atomic E-state index is 10.2. The highest BCUT2D eigenvalue weighted by Crippen LogP contribution is 2.24. The fourth-order valence-corrected chi connectivity index (χ4v) is 10.1. The lowest BCUT2D eigenvalue weighted by Gasteiger charge is -2.32. The molecule has 0 aromatic carbocycles. The van der Waals surface area contributed by atoms with Crippen LogP contribution in [-0.4, -0.2) is 64.1 Å². The maximum Gasteiger partial charge on any atom is 0.0900 e. The van der Waals surface area contributed by atoms with Gasteiger partial charge in [0.25, 0.3) is 0 Å². The van der Waals surface area contributed by atoms with Gasteiger partial charge in [-0.05, 0) is 34.1 Å². The topological polar surface area (TPSA) is 32.7 Å². The minimum Gasteiger partial charge on any atom is -0.389 e. The summed E-state index contributed by atoms with van der Waals surface area (Å²) in [5, 5.41) is 10.2. The Balaban J connectivity index is 3.92. The first-order valence-corrected chi connectivity index (χ1v) is 17.0. The Morgan fingerprint density at radius 3 is 1.88 bits per heavy atom. The number of rotatable bonds is 13. The smallest absolute Gasteiger partial charge is 0.0900 e. The lowest BCUT2D eigenvalue weighted by molar-refractivity contribution is 0.00432. The zero-order chi connectivity index (χ0) is 19.0. The number of nitrogens with zero attached hydrogens (tertiary/aromatic N) is 1. The Bertz CT molecular complexity index is 320. The van der Waals surface area contributed by atoms with Gasteiger partial charge < -0.3 is 9.84 Å². The summed E-state index contributed by atoms with van der Waals surface area (Å²) in [6, 6.07) is 5.18. The van der Waals surface area contributed by atoms with E-state index in [1.807, 2.05) is 0 Å². The lowest BCUT2D eigenvalue weighted by atomic mass is 10.2. The number of hydrogen-bond donors (Lipinski definition) is 1. The average Bonchev–Trinajstić information content (AvgIpc) is 2.41. The minimum absolute atomic E-state index is 0.382. The molecular weight excluding hydrogens is 330 g/mol. The van der Waals surface area contributed by atoms with Crippen molar-refractivity contribution in [3.63, 3.8) is 0 Å². The summed E-state index contributed by atoms with van der Waals surface area (Å²) in [4.78, 5) is 2.32. The first-order chi connectivity index (χ1) is 10.8. The van der Waals surface area contributed by atoms with Crippen molar-refractivity contribution < 1.29 is 9.84 Å². The van der Waals surface area contributed by atoms with Crippen LogP contribution in [-0.2, 0) is 4.74 Å².